The molecule has 0 aromatic heterocycles. The van der Waals surface area contributed by atoms with Crippen molar-refractivity contribution < 1.29 is 9.53 Å². The van der Waals surface area contributed by atoms with Gasteiger partial charge in [0.05, 0.1) is 12.8 Å². The van der Waals surface area contributed by atoms with Crippen LogP contribution in [0.3, 0.4) is 0 Å². The molecule has 0 saturated heterocycles. The van der Waals surface area contributed by atoms with Crippen LogP contribution >= 0.6 is 0 Å². The molecule has 0 radical (unpaired) electrons. The number of para-hydroxylation sites is 1. The van der Waals surface area contributed by atoms with Crippen LogP contribution in [0.4, 0.5) is 5.69 Å². The lowest BCUT2D eigenvalue weighted by Gasteiger charge is -2.20. The second kappa shape index (κ2) is 5.21. The Morgan fingerprint density at radius 1 is 1.09 bits per heavy atom. The molecular formula is C18H13N3O2. The highest BCUT2D eigenvalue weighted by Crippen LogP contribution is 2.30. The topological polar surface area (TPSA) is 54.3 Å². The fraction of sp³-hybridized carbons (Fsp3) is 0.0556. The maximum absolute atomic E-state index is 12.3. The number of ether oxygens (including phenoxy) is 1. The van der Waals surface area contributed by atoms with Gasteiger partial charge in [-0.3, -0.25) is 9.69 Å². The molecule has 0 saturated carbocycles. The van der Waals surface area contributed by atoms with E-state index in [4.69, 9.17) is 4.74 Å². The largest absolute Gasteiger partial charge is 0.497 e. The van der Waals surface area contributed by atoms with Gasteiger partial charge in [0, 0.05) is 5.56 Å². The van der Waals surface area contributed by atoms with E-state index in [1.54, 1.807) is 24.4 Å². The fourth-order valence-electron chi connectivity index (χ4n) is 2.62. The molecule has 0 atom stereocenters. The maximum atomic E-state index is 12.3. The average molecular weight is 303 g/mol. The van der Waals surface area contributed by atoms with E-state index in [-0.39, 0.29) is 5.91 Å². The number of nitrogens with zero attached hydrogens (tertiary/aromatic N) is 3. The van der Waals surface area contributed by atoms with E-state index in [1.807, 2.05) is 48.5 Å². The lowest BCUT2D eigenvalue weighted by Crippen LogP contribution is -2.28. The van der Waals surface area contributed by atoms with Crippen molar-refractivity contribution in [1.29, 1.82) is 0 Å². The Labute approximate surface area is 133 Å². The Hall–Kier alpha value is -3.21. The number of methoxy groups -OCH3 is 1. The van der Waals surface area contributed by atoms with Gasteiger partial charge in [0.15, 0.2) is 5.84 Å². The van der Waals surface area contributed by atoms with Crippen LogP contribution in [-0.4, -0.2) is 30.1 Å². The van der Waals surface area contributed by atoms with Gasteiger partial charge >= 0.3 is 0 Å². The van der Waals surface area contributed by atoms with Gasteiger partial charge in [0.1, 0.15) is 17.8 Å². The van der Waals surface area contributed by atoms with Gasteiger partial charge in [0.2, 0.25) is 0 Å². The van der Waals surface area contributed by atoms with Crippen molar-refractivity contribution in [2.24, 2.45) is 9.98 Å². The first-order chi connectivity index (χ1) is 11.3. The highest BCUT2D eigenvalue weighted by atomic mass is 16.5. The second-order valence-corrected chi connectivity index (χ2v) is 5.18. The molecule has 5 heteroatoms. The van der Waals surface area contributed by atoms with Gasteiger partial charge in [-0.2, -0.15) is 4.99 Å². The predicted molar refractivity (Wildman–Crippen MR) is 88.9 cm³/mol. The zero-order valence-electron chi connectivity index (χ0n) is 12.4. The van der Waals surface area contributed by atoms with Crippen LogP contribution in [0, 0.1) is 0 Å². The molecule has 0 bridgehead atoms. The van der Waals surface area contributed by atoms with E-state index >= 15 is 0 Å². The molecule has 0 fully saturated rings. The monoisotopic (exact) mass is 303 g/mol. The molecule has 2 aromatic rings. The molecule has 2 aliphatic rings. The molecular weight excluding hydrogens is 290 g/mol. The molecule has 4 rings (SSSR count). The van der Waals surface area contributed by atoms with Crippen LogP contribution < -0.4 is 4.74 Å². The van der Waals surface area contributed by atoms with Gasteiger partial charge < -0.3 is 4.74 Å². The van der Waals surface area contributed by atoms with E-state index in [0.717, 1.165) is 22.6 Å². The van der Waals surface area contributed by atoms with E-state index in [0.29, 0.717) is 11.5 Å². The summed E-state index contributed by atoms with van der Waals surface area (Å²) in [7, 11) is 1.62. The zero-order chi connectivity index (χ0) is 15.8. The van der Waals surface area contributed by atoms with Gasteiger partial charge in [-0.25, -0.2) is 4.99 Å². The van der Waals surface area contributed by atoms with Gasteiger partial charge in [0.25, 0.3) is 5.91 Å². The standard InChI is InChI=1S/C18H13N3O2/c1-23-13-8-6-12(7-9-13)10-16-18(22)20-17-14-4-2-3-5-15(14)19-11-21(16)17/h2-11H,1H3/b16-10+. The van der Waals surface area contributed by atoms with Crippen LogP contribution in [0.15, 0.2) is 64.2 Å². The Balaban J connectivity index is 1.73. The maximum Gasteiger partial charge on any atom is 0.296 e. The third-order valence-corrected chi connectivity index (χ3v) is 3.79. The van der Waals surface area contributed by atoms with Crippen LogP contribution in [0.5, 0.6) is 5.75 Å². The lowest BCUT2D eigenvalue weighted by atomic mass is 10.1. The first kappa shape index (κ1) is 13.5. The number of fused-ring (bicyclic) bond motifs is 3. The lowest BCUT2D eigenvalue weighted by molar-refractivity contribution is -0.114. The first-order valence-corrected chi connectivity index (χ1v) is 7.18. The van der Waals surface area contributed by atoms with Crippen LogP contribution in [0.2, 0.25) is 0 Å². The summed E-state index contributed by atoms with van der Waals surface area (Å²) >= 11 is 0. The fourth-order valence-corrected chi connectivity index (χ4v) is 2.62. The first-order valence-electron chi connectivity index (χ1n) is 7.18. The summed E-state index contributed by atoms with van der Waals surface area (Å²) in [6.45, 7) is 0. The number of carbonyl (C=O) groups is 1. The zero-order valence-corrected chi connectivity index (χ0v) is 12.4. The minimum Gasteiger partial charge on any atom is -0.497 e. The Bertz CT molecular complexity index is 879. The molecule has 2 aromatic carbocycles. The molecule has 2 heterocycles. The third-order valence-electron chi connectivity index (χ3n) is 3.79. The number of rotatable bonds is 2. The summed E-state index contributed by atoms with van der Waals surface area (Å²) in [4.78, 5) is 22.6. The number of aliphatic imine (C=N–C) groups is 2. The molecule has 2 aliphatic heterocycles. The summed E-state index contributed by atoms with van der Waals surface area (Å²) < 4.78 is 5.14. The highest BCUT2D eigenvalue weighted by Gasteiger charge is 2.32. The average Bonchev–Trinajstić information content (AvgIpc) is 2.92. The summed E-state index contributed by atoms with van der Waals surface area (Å²) in [6.07, 6.45) is 3.44. The number of amidine groups is 1. The smallest absolute Gasteiger partial charge is 0.296 e. The molecule has 1 amide bonds. The van der Waals surface area contributed by atoms with Gasteiger partial charge in [-0.1, -0.05) is 24.3 Å². The molecule has 0 N–H and O–H groups in total. The van der Waals surface area contributed by atoms with Crippen molar-refractivity contribution in [3.63, 3.8) is 0 Å². The quantitative estimate of drug-likeness (QED) is 0.801. The van der Waals surface area contributed by atoms with Gasteiger partial charge in [-0.15, -0.1) is 0 Å². The van der Waals surface area contributed by atoms with Crippen LogP contribution in [0.1, 0.15) is 11.1 Å². The number of benzene rings is 2. The second-order valence-electron chi connectivity index (χ2n) is 5.18. The van der Waals surface area contributed by atoms with Crippen LogP contribution in [0.25, 0.3) is 6.08 Å². The molecule has 5 nitrogen and oxygen atoms in total. The minimum absolute atomic E-state index is 0.265. The molecule has 0 spiro atoms. The van der Waals surface area contributed by atoms with E-state index in [9.17, 15) is 4.79 Å². The number of hydrogen-bond acceptors (Lipinski definition) is 4. The van der Waals surface area contributed by atoms with Crippen molar-refractivity contribution >= 4 is 29.8 Å². The Morgan fingerprint density at radius 2 is 1.87 bits per heavy atom. The Morgan fingerprint density at radius 3 is 2.65 bits per heavy atom. The molecule has 0 unspecified atom stereocenters. The van der Waals surface area contributed by atoms with Crippen molar-refractivity contribution in [2.45, 2.75) is 0 Å². The van der Waals surface area contributed by atoms with Crippen molar-refractivity contribution in [3.8, 4) is 5.75 Å². The van der Waals surface area contributed by atoms with Crippen LogP contribution in [-0.2, 0) is 4.79 Å². The molecule has 23 heavy (non-hydrogen) atoms. The minimum atomic E-state index is -0.265. The summed E-state index contributed by atoms with van der Waals surface area (Å²) in [6, 6.07) is 15.1. The molecule has 112 valence electrons. The van der Waals surface area contributed by atoms with Gasteiger partial charge in [-0.05, 0) is 35.9 Å². The van der Waals surface area contributed by atoms with E-state index < -0.39 is 0 Å². The van der Waals surface area contributed by atoms with E-state index in [1.165, 1.54) is 0 Å². The number of hydrogen-bond donors (Lipinski definition) is 0. The van der Waals surface area contributed by atoms with E-state index in [2.05, 4.69) is 9.98 Å². The highest BCUT2D eigenvalue weighted by molar-refractivity contribution is 6.25. The van der Waals surface area contributed by atoms with Crippen molar-refractivity contribution in [1.82, 2.24) is 4.90 Å². The summed E-state index contributed by atoms with van der Waals surface area (Å²) in [5.41, 5.74) is 3.07. The Kier molecular flexibility index (Phi) is 3.05. The number of carbonyl (C=O) groups excluding carboxylic acids is 1. The summed E-state index contributed by atoms with van der Waals surface area (Å²) in [5.74, 6) is 1.13. The molecule has 0 aliphatic carbocycles. The third kappa shape index (κ3) is 2.23. The van der Waals surface area contributed by atoms with Crippen molar-refractivity contribution in [2.75, 3.05) is 7.11 Å². The normalized spacial score (nSPS) is 17.1. The number of amides is 1. The predicted octanol–water partition coefficient (Wildman–Crippen LogP) is 3.00. The SMILES string of the molecule is COc1ccc(/C=C2\C(=O)N=C3c4ccccc4N=CN32)cc1. The van der Waals surface area contributed by atoms with Crippen molar-refractivity contribution in [3.05, 3.63) is 65.4 Å². The summed E-state index contributed by atoms with van der Waals surface area (Å²) in [5, 5.41) is 0.